The number of carbonyl (C=O) groups is 1. The summed E-state index contributed by atoms with van der Waals surface area (Å²) in [5.41, 5.74) is -0.489. The first-order valence-corrected chi connectivity index (χ1v) is 9.92. The van der Waals surface area contributed by atoms with Crippen molar-refractivity contribution in [1.29, 1.82) is 0 Å². The second-order valence-electron chi connectivity index (χ2n) is 7.84. The van der Waals surface area contributed by atoms with E-state index < -0.39 is 11.7 Å². The molecule has 0 radical (unpaired) electrons. The van der Waals surface area contributed by atoms with E-state index in [1.807, 2.05) is 0 Å². The highest BCUT2D eigenvalue weighted by molar-refractivity contribution is 5.78. The van der Waals surface area contributed by atoms with Crippen molar-refractivity contribution in [2.75, 3.05) is 39.3 Å². The van der Waals surface area contributed by atoms with E-state index in [0.29, 0.717) is 31.4 Å². The van der Waals surface area contributed by atoms with Gasteiger partial charge in [0.25, 0.3) is 0 Å². The Kier molecular flexibility index (Phi) is 7.09. The number of halogens is 3. The fraction of sp³-hybridized carbons (Fsp3) is 0.550. The maximum absolute atomic E-state index is 12.9. The van der Waals surface area contributed by atoms with Crippen LogP contribution < -0.4 is 5.32 Å². The minimum atomic E-state index is -4.42. The molecule has 2 aromatic rings. The van der Waals surface area contributed by atoms with E-state index in [4.69, 9.17) is 4.52 Å². The first kappa shape index (κ1) is 22.2. The van der Waals surface area contributed by atoms with Crippen molar-refractivity contribution in [3.8, 4) is 11.4 Å². The molecule has 1 N–H and O–H groups in total. The average molecular weight is 425 g/mol. The lowest BCUT2D eigenvalue weighted by Crippen LogP contribution is -2.49. The van der Waals surface area contributed by atoms with E-state index in [1.165, 1.54) is 12.1 Å². The number of piperazine rings is 1. The summed E-state index contributed by atoms with van der Waals surface area (Å²) >= 11 is 0. The van der Waals surface area contributed by atoms with Crippen molar-refractivity contribution in [2.24, 2.45) is 5.92 Å². The molecule has 2 heterocycles. The number of nitrogens with zero attached hydrogens (tertiary/aromatic N) is 4. The molecule has 1 saturated heterocycles. The lowest BCUT2D eigenvalue weighted by molar-refractivity contribution is -0.137. The van der Waals surface area contributed by atoms with Crippen molar-refractivity contribution < 1.29 is 22.5 Å². The number of carbonyl (C=O) groups excluding carboxylic acids is 1. The number of hydrogen-bond acceptors (Lipinski definition) is 6. The first-order valence-electron chi connectivity index (χ1n) is 9.92. The van der Waals surface area contributed by atoms with Crippen LogP contribution >= 0.6 is 0 Å². The van der Waals surface area contributed by atoms with E-state index >= 15 is 0 Å². The van der Waals surface area contributed by atoms with Crippen LogP contribution in [-0.4, -0.2) is 65.1 Å². The van der Waals surface area contributed by atoms with Gasteiger partial charge in [-0.2, -0.15) is 18.2 Å². The van der Waals surface area contributed by atoms with Gasteiger partial charge >= 0.3 is 6.18 Å². The molecule has 164 valence electrons. The zero-order valence-electron chi connectivity index (χ0n) is 17.1. The molecule has 7 nitrogen and oxygen atoms in total. The predicted octanol–water partition coefficient (Wildman–Crippen LogP) is 2.65. The van der Waals surface area contributed by atoms with Gasteiger partial charge in [-0.1, -0.05) is 31.1 Å². The summed E-state index contributed by atoms with van der Waals surface area (Å²) in [6.45, 7) is 8.51. The Hall–Kier alpha value is -2.46. The lowest BCUT2D eigenvalue weighted by Gasteiger charge is -2.33. The number of alkyl halides is 3. The average Bonchev–Trinajstić information content (AvgIpc) is 3.16. The standard InChI is InChI=1S/C20H26F3N5O2/c1-14(2)11-24-17(29)12-27-6-8-28(9-7-27)13-18-25-19(26-30-18)15-4-3-5-16(10-15)20(21,22)23/h3-5,10,14H,6-9,11-13H2,1-2H3,(H,24,29). The van der Waals surface area contributed by atoms with Gasteiger partial charge in [-0.3, -0.25) is 14.6 Å². The van der Waals surface area contributed by atoms with Gasteiger partial charge in [0, 0.05) is 38.3 Å². The van der Waals surface area contributed by atoms with Gasteiger partial charge in [-0.15, -0.1) is 0 Å². The smallest absolute Gasteiger partial charge is 0.355 e. The number of hydrogen-bond donors (Lipinski definition) is 1. The third-order valence-corrected chi connectivity index (χ3v) is 4.81. The maximum atomic E-state index is 12.9. The summed E-state index contributed by atoms with van der Waals surface area (Å²) < 4.78 is 43.9. The molecular formula is C20H26F3N5O2. The molecule has 0 aliphatic carbocycles. The number of rotatable bonds is 7. The molecule has 1 fully saturated rings. The van der Waals surface area contributed by atoms with Crippen molar-refractivity contribution in [3.63, 3.8) is 0 Å². The Balaban J connectivity index is 1.50. The molecule has 1 amide bonds. The van der Waals surface area contributed by atoms with Crippen molar-refractivity contribution in [1.82, 2.24) is 25.3 Å². The number of amides is 1. The Bertz CT molecular complexity index is 845. The zero-order chi connectivity index (χ0) is 21.7. The maximum Gasteiger partial charge on any atom is 0.416 e. The normalized spacial score (nSPS) is 16.2. The van der Waals surface area contributed by atoms with Crippen LogP contribution in [0.15, 0.2) is 28.8 Å². The van der Waals surface area contributed by atoms with Gasteiger partial charge in [0.05, 0.1) is 18.7 Å². The van der Waals surface area contributed by atoms with Crippen molar-refractivity contribution >= 4 is 5.91 Å². The lowest BCUT2D eigenvalue weighted by atomic mass is 10.1. The summed E-state index contributed by atoms with van der Waals surface area (Å²) in [7, 11) is 0. The van der Waals surface area contributed by atoms with Gasteiger partial charge < -0.3 is 9.84 Å². The van der Waals surface area contributed by atoms with E-state index in [1.54, 1.807) is 0 Å². The second kappa shape index (κ2) is 9.57. The van der Waals surface area contributed by atoms with Crippen LogP contribution in [-0.2, 0) is 17.5 Å². The van der Waals surface area contributed by atoms with Crippen molar-refractivity contribution in [2.45, 2.75) is 26.6 Å². The van der Waals surface area contributed by atoms with Crippen LogP contribution in [0.3, 0.4) is 0 Å². The minimum Gasteiger partial charge on any atom is -0.355 e. The summed E-state index contributed by atoms with van der Waals surface area (Å²) in [5.74, 6) is 0.933. The van der Waals surface area contributed by atoms with Crippen LogP contribution in [0.1, 0.15) is 25.3 Å². The van der Waals surface area contributed by atoms with Gasteiger partial charge in [0.15, 0.2) is 0 Å². The topological polar surface area (TPSA) is 74.5 Å². The molecule has 3 rings (SSSR count). The Morgan fingerprint density at radius 1 is 1.20 bits per heavy atom. The molecule has 1 aliphatic heterocycles. The molecule has 1 aromatic heterocycles. The Labute approximate surface area is 173 Å². The largest absolute Gasteiger partial charge is 0.416 e. The van der Waals surface area contributed by atoms with Crippen molar-refractivity contribution in [3.05, 3.63) is 35.7 Å². The van der Waals surface area contributed by atoms with E-state index in [0.717, 1.165) is 38.3 Å². The highest BCUT2D eigenvalue weighted by Gasteiger charge is 2.31. The van der Waals surface area contributed by atoms with Crippen LogP contribution in [0.5, 0.6) is 0 Å². The molecule has 0 unspecified atom stereocenters. The molecule has 1 aliphatic rings. The van der Waals surface area contributed by atoms with Crippen LogP contribution in [0.4, 0.5) is 13.2 Å². The third kappa shape index (κ3) is 6.27. The minimum absolute atomic E-state index is 0.0276. The SMILES string of the molecule is CC(C)CNC(=O)CN1CCN(Cc2nc(-c3cccc(C(F)(F)F)c3)no2)CC1. The number of nitrogens with one attached hydrogen (secondary N) is 1. The molecule has 0 spiro atoms. The first-order chi connectivity index (χ1) is 14.2. The van der Waals surface area contributed by atoms with E-state index in [9.17, 15) is 18.0 Å². The number of aromatic nitrogens is 2. The molecule has 30 heavy (non-hydrogen) atoms. The molecule has 0 bridgehead atoms. The fourth-order valence-corrected chi connectivity index (χ4v) is 3.14. The molecular weight excluding hydrogens is 399 g/mol. The highest BCUT2D eigenvalue weighted by atomic mass is 19.4. The quantitative estimate of drug-likeness (QED) is 0.735. The van der Waals surface area contributed by atoms with Crippen LogP contribution in [0, 0.1) is 5.92 Å². The molecule has 0 saturated carbocycles. The fourth-order valence-electron chi connectivity index (χ4n) is 3.14. The third-order valence-electron chi connectivity index (χ3n) is 4.81. The highest BCUT2D eigenvalue weighted by Crippen LogP contribution is 2.31. The van der Waals surface area contributed by atoms with Gasteiger partial charge in [-0.05, 0) is 18.1 Å². The molecule has 1 aromatic carbocycles. The van der Waals surface area contributed by atoms with Gasteiger partial charge in [0.2, 0.25) is 17.6 Å². The van der Waals surface area contributed by atoms with E-state index in [-0.39, 0.29) is 17.3 Å². The summed E-state index contributed by atoms with van der Waals surface area (Å²) in [4.78, 5) is 20.4. The summed E-state index contributed by atoms with van der Waals surface area (Å²) in [6.07, 6.45) is -4.42. The predicted molar refractivity (Wildman–Crippen MR) is 104 cm³/mol. The van der Waals surface area contributed by atoms with Crippen LogP contribution in [0.25, 0.3) is 11.4 Å². The Morgan fingerprint density at radius 2 is 1.90 bits per heavy atom. The molecule has 0 atom stereocenters. The van der Waals surface area contributed by atoms with E-state index in [2.05, 4.69) is 39.1 Å². The summed E-state index contributed by atoms with van der Waals surface area (Å²) in [6, 6.07) is 4.86. The Morgan fingerprint density at radius 3 is 2.57 bits per heavy atom. The van der Waals surface area contributed by atoms with Gasteiger partial charge in [0.1, 0.15) is 0 Å². The van der Waals surface area contributed by atoms with Crippen LogP contribution in [0.2, 0.25) is 0 Å². The zero-order valence-corrected chi connectivity index (χ0v) is 17.1. The molecule has 10 heteroatoms. The number of benzene rings is 1. The van der Waals surface area contributed by atoms with Gasteiger partial charge in [-0.25, -0.2) is 0 Å². The summed E-state index contributed by atoms with van der Waals surface area (Å²) in [5, 5.41) is 6.73. The second-order valence-corrected chi connectivity index (χ2v) is 7.84. The monoisotopic (exact) mass is 425 g/mol.